The second-order valence-corrected chi connectivity index (χ2v) is 8.32. The Bertz CT molecular complexity index is 1000. The maximum absolute atomic E-state index is 13.2. The SMILES string of the molecule is O=C(NC1(c2ccc3c(c2)OCCO3)CCCC1)c1cc2c([nH]c1=O)CCCC2. The van der Waals surface area contributed by atoms with Crippen LogP contribution in [-0.4, -0.2) is 24.1 Å². The fourth-order valence-corrected chi connectivity index (χ4v) is 4.93. The molecule has 3 aliphatic rings. The number of pyridine rings is 1. The number of ether oxygens (including phenoxy) is 2. The highest BCUT2D eigenvalue weighted by Gasteiger charge is 2.38. The number of carbonyl (C=O) groups is 1. The van der Waals surface area contributed by atoms with E-state index in [0.717, 1.165) is 79.7 Å². The van der Waals surface area contributed by atoms with Gasteiger partial charge in [0.05, 0.1) is 5.54 Å². The van der Waals surface area contributed by atoms with Gasteiger partial charge in [-0.3, -0.25) is 9.59 Å². The molecule has 0 atom stereocenters. The van der Waals surface area contributed by atoms with Crippen LogP contribution in [0.25, 0.3) is 0 Å². The number of rotatable bonds is 3. The van der Waals surface area contributed by atoms with Gasteiger partial charge in [0, 0.05) is 5.69 Å². The summed E-state index contributed by atoms with van der Waals surface area (Å²) in [6.45, 7) is 1.08. The van der Waals surface area contributed by atoms with Crippen molar-refractivity contribution in [2.45, 2.75) is 56.9 Å². The Hall–Kier alpha value is -2.76. The lowest BCUT2D eigenvalue weighted by molar-refractivity contribution is 0.0896. The first-order valence-electron chi connectivity index (χ1n) is 10.6. The van der Waals surface area contributed by atoms with Crippen LogP contribution in [0.3, 0.4) is 0 Å². The van der Waals surface area contributed by atoms with Gasteiger partial charge in [-0.2, -0.15) is 0 Å². The molecule has 0 saturated heterocycles. The molecule has 29 heavy (non-hydrogen) atoms. The van der Waals surface area contributed by atoms with Crippen molar-refractivity contribution in [2.24, 2.45) is 0 Å². The average molecular weight is 394 g/mol. The van der Waals surface area contributed by atoms with E-state index >= 15 is 0 Å². The van der Waals surface area contributed by atoms with Crippen molar-refractivity contribution in [3.05, 3.63) is 57.0 Å². The van der Waals surface area contributed by atoms with Gasteiger partial charge in [0.2, 0.25) is 0 Å². The standard InChI is InChI=1S/C23H26N2O4/c26-21-17(13-15-5-1-2-6-18(15)24-21)22(27)25-23(9-3-4-10-23)16-7-8-19-20(14-16)29-12-11-28-19/h7-8,13-14H,1-6,9-12H2,(H,24,26)(H,25,27). The van der Waals surface area contributed by atoms with Crippen molar-refractivity contribution >= 4 is 5.91 Å². The summed E-state index contributed by atoms with van der Waals surface area (Å²) in [5, 5.41) is 3.22. The van der Waals surface area contributed by atoms with Gasteiger partial charge in [-0.25, -0.2) is 0 Å². The molecule has 152 valence electrons. The molecule has 1 fully saturated rings. The van der Waals surface area contributed by atoms with Crippen molar-refractivity contribution in [2.75, 3.05) is 13.2 Å². The summed E-state index contributed by atoms with van der Waals surface area (Å²) in [6, 6.07) is 7.71. The molecular weight excluding hydrogens is 368 g/mol. The number of aromatic nitrogens is 1. The molecule has 0 radical (unpaired) electrons. The third kappa shape index (κ3) is 3.30. The third-order valence-corrected chi connectivity index (χ3v) is 6.49. The van der Waals surface area contributed by atoms with E-state index in [-0.39, 0.29) is 17.0 Å². The number of aryl methyl sites for hydroxylation is 2. The highest BCUT2D eigenvalue weighted by Crippen LogP contribution is 2.42. The van der Waals surface area contributed by atoms with Gasteiger partial charge in [0.15, 0.2) is 11.5 Å². The van der Waals surface area contributed by atoms with Gasteiger partial charge >= 0.3 is 0 Å². The summed E-state index contributed by atoms with van der Waals surface area (Å²) in [5.74, 6) is 1.17. The topological polar surface area (TPSA) is 80.4 Å². The van der Waals surface area contributed by atoms with Crippen molar-refractivity contribution in [3.63, 3.8) is 0 Å². The number of fused-ring (bicyclic) bond motifs is 2. The van der Waals surface area contributed by atoms with Crippen LogP contribution in [0.5, 0.6) is 11.5 Å². The molecule has 6 heteroatoms. The van der Waals surface area contributed by atoms with E-state index < -0.39 is 5.54 Å². The van der Waals surface area contributed by atoms with Crippen LogP contribution in [0.15, 0.2) is 29.1 Å². The van der Waals surface area contributed by atoms with E-state index in [1.54, 1.807) is 6.07 Å². The van der Waals surface area contributed by atoms with Crippen LogP contribution in [0, 0.1) is 0 Å². The minimum absolute atomic E-state index is 0.217. The van der Waals surface area contributed by atoms with E-state index in [9.17, 15) is 9.59 Å². The van der Waals surface area contributed by atoms with Gasteiger partial charge in [-0.15, -0.1) is 0 Å². The van der Waals surface area contributed by atoms with Crippen LogP contribution >= 0.6 is 0 Å². The molecule has 1 amide bonds. The van der Waals surface area contributed by atoms with Crippen LogP contribution < -0.4 is 20.3 Å². The molecule has 1 aromatic carbocycles. The van der Waals surface area contributed by atoms with Crippen molar-refractivity contribution < 1.29 is 14.3 Å². The van der Waals surface area contributed by atoms with Gasteiger partial charge in [-0.1, -0.05) is 18.9 Å². The Kier molecular flexibility index (Phi) is 4.57. The van der Waals surface area contributed by atoms with Crippen LogP contribution in [0.4, 0.5) is 0 Å². The summed E-state index contributed by atoms with van der Waals surface area (Å²) in [4.78, 5) is 28.7. The fourth-order valence-electron chi connectivity index (χ4n) is 4.93. The predicted molar refractivity (Wildman–Crippen MR) is 109 cm³/mol. The lowest BCUT2D eigenvalue weighted by Crippen LogP contribution is -2.45. The number of amides is 1. The second kappa shape index (κ2) is 7.25. The van der Waals surface area contributed by atoms with Gasteiger partial charge < -0.3 is 19.8 Å². The number of carbonyl (C=O) groups excluding carboxylic acids is 1. The predicted octanol–water partition coefficient (Wildman–Crippen LogP) is 3.22. The Morgan fingerprint density at radius 1 is 0.966 bits per heavy atom. The summed E-state index contributed by atoms with van der Waals surface area (Å²) in [5.41, 5.74) is 2.55. The van der Waals surface area contributed by atoms with E-state index in [2.05, 4.69) is 10.3 Å². The molecule has 2 aliphatic carbocycles. The molecule has 0 bridgehead atoms. The zero-order chi connectivity index (χ0) is 19.8. The molecular formula is C23H26N2O4. The molecule has 2 N–H and O–H groups in total. The monoisotopic (exact) mass is 394 g/mol. The van der Waals surface area contributed by atoms with Crippen LogP contribution in [0.2, 0.25) is 0 Å². The molecule has 0 unspecified atom stereocenters. The zero-order valence-electron chi connectivity index (χ0n) is 16.5. The normalized spacial score (nSPS) is 19.4. The molecule has 5 rings (SSSR count). The lowest BCUT2D eigenvalue weighted by Gasteiger charge is -2.32. The molecule has 2 aromatic rings. The quantitative estimate of drug-likeness (QED) is 0.838. The number of hydrogen-bond acceptors (Lipinski definition) is 4. The minimum atomic E-state index is -0.477. The molecule has 2 heterocycles. The molecule has 6 nitrogen and oxygen atoms in total. The van der Waals surface area contributed by atoms with E-state index in [1.807, 2.05) is 18.2 Å². The number of hydrogen-bond donors (Lipinski definition) is 2. The first-order valence-corrected chi connectivity index (χ1v) is 10.6. The Morgan fingerprint density at radius 3 is 2.55 bits per heavy atom. The first kappa shape index (κ1) is 18.3. The Labute approximate surface area is 169 Å². The summed E-state index contributed by atoms with van der Waals surface area (Å²) >= 11 is 0. The molecule has 1 aromatic heterocycles. The zero-order valence-corrected chi connectivity index (χ0v) is 16.5. The number of benzene rings is 1. The summed E-state index contributed by atoms with van der Waals surface area (Å²) in [6.07, 6.45) is 7.75. The summed E-state index contributed by atoms with van der Waals surface area (Å²) in [7, 11) is 0. The Morgan fingerprint density at radius 2 is 1.72 bits per heavy atom. The first-order chi connectivity index (χ1) is 14.1. The highest BCUT2D eigenvalue weighted by atomic mass is 16.6. The van der Waals surface area contributed by atoms with Crippen LogP contribution in [-0.2, 0) is 18.4 Å². The average Bonchev–Trinajstić information content (AvgIpc) is 3.22. The van der Waals surface area contributed by atoms with Gasteiger partial charge in [-0.05, 0) is 67.9 Å². The third-order valence-electron chi connectivity index (χ3n) is 6.49. The maximum Gasteiger partial charge on any atom is 0.261 e. The lowest BCUT2D eigenvalue weighted by atomic mass is 9.87. The molecule has 1 aliphatic heterocycles. The molecule has 0 spiro atoms. The summed E-state index contributed by atoms with van der Waals surface area (Å²) < 4.78 is 11.4. The smallest absolute Gasteiger partial charge is 0.261 e. The van der Waals surface area contributed by atoms with Crippen molar-refractivity contribution in [1.29, 1.82) is 0 Å². The van der Waals surface area contributed by atoms with Crippen LogP contribution in [0.1, 0.15) is 65.7 Å². The number of nitrogens with one attached hydrogen (secondary N) is 2. The highest BCUT2D eigenvalue weighted by molar-refractivity contribution is 5.94. The van der Waals surface area contributed by atoms with E-state index in [4.69, 9.17) is 9.47 Å². The van der Waals surface area contributed by atoms with Crippen molar-refractivity contribution in [3.8, 4) is 11.5 Å². The maximum atomic E-state index is 13.2. The van der Waals surface area contributed by atoms with E-state index in [0.29, 0.717) is 13.2 Å². The fraction of sp³-hybridized carbons (Fsp3) is 0.478. The Balaban J connectivity index is 1.47. The molecule has 1 saturated carbocycles. The minimum Gasteiger partial charge on any atom is -0.486 e. The van der Waals surface area contributed by atoms with Crippen molar-refractivity contribution in [1.82, 2.24) is 10.3 Å². The largest absolute Gasteiger partial charge is 0.486 e. The second-order valence-electron chi connectivity index (χ2n) is 8.32. The van der Waals surface area contributed by atoms with Gasteiger partial charge in [0.1, 0.15) is 18.8 Å². The number of aromatic amines is 1. The van der Waals surface area contributed by atoms with E-state index in [1.165, 1.54) is 0 Å². The number of H-pyrrole nitrogens is 1. The van der Waals surface area contributed by atoms with Gasteiger partial charge in [0.25, 0.3) is 11.5 Å².